The van der Waals surface area contributed by atoms with Crippen molar-refractivity contribution in [2.45, 2.75) is 39.2 Å². The number of ether oxygens (including phenoxy) is 1. The quantitative estimate of drug-likeness (QED) is 0.277. The van der Waals surface area contributed by atoms with Gasteiger partial charge in [0, 0.05) is 6.61 Å². The first-order chi connectivity index (χ1) is 12.2. The molecule has 1 rings (SSSR count). The monoisotopic (exact) mass is 405 g/mol. The molecule has 0 bridgehead atoms. The molecular formula is C16H23O8P2-3. The minimum atomic E-state index is -5.64. The summed E-state index contributed by atoms with van der Waals surface area (Å²) >= 11 is 0. The van der Waals surface area contributed by atoms with Crippen LogP contribution in [0.2, 0.25) is 0 Å². The molecule has 0 heterocycles. The second-order valence-electron chi connectivity index (χ2n) is 5.67. The van der Waals surface area contributed by atoms with Crippen LogP contribution >= 0.6 is 15.6 Å². The lowest BCUT2D eigenvalue weighted by Crippen LogP contribution is -2.19. The maximum absolute atomic E-state index is 11.1. The Labute approximate surface area is 153 Å². The minimum Gasteiger partial charge on any atom is -0.790 e. The second kappa shape index (κ2) is 11.8. The maximum Gasteiger partial charge on any atom is 0.272 e. The fourth-order valence-corrected chi connectivity index (χ4v) is 3.49. The van der Waals surface area contributed by atoms with E-state index in [0.29, 0.717) is 13.2 Å². The van der Waals surface area contributed by atoms with Crippen LogP contribution < -0.4 is 14.7 Å². The van der Waals surface area contributed by atoms with E-state index in [2.05, 4.69) is 8.83 Å². The van der Waals surface area contributed by atoms with Gasteiger partial charge in [0.05, 0.1) is 21.0 Å². The van der Waals surface area contributed by atoms with Crippen LogP contribution in [0.5, 0.6) is 0 Å². The Morgan fingerprint density at radius 1 is 1.08 bits per heavy atom. The molecule has 0 saturated carbocycles. The van der Waals surface area contributed by atoms with Crippen LogP contribution in [0.3, 0.4) is 0 Å². The van der Waals surface area contributed by atoms with E-state index in [1.54, 1.807) is 6.92 Å². The smallest absolute Gasteiger partial charge is 0.272 e. The molecule has 0 fully saturated rings. The second-order valence-corrected chi connectivity index (χ2v) is 8.37. The predicted octanol–water partition coefficient (Wildman–Crippen LogP) is 2.04. The molecule has 0 aliphatic carbocycles. The van der Waals surface area contributed by atoms with E-state index in [4.69, 9.17) is 4.74 Å². The molecule has 0 spiro atoms. The van der Waals surface area contributed by atoms with Crippen LogP contribution in [0.4, 0.5) is 0 Å². The number of allylic oxidation sites excluding steroid dienone is 1. The average Bonchev–Trinajstić information content (AvgIpc) is 2.52. The largest absolute Gasteiger partial charge is 0.790 e. The number of unbranched alkanes of at least 4 members (excludes halogenated alkanes) is 2. The van der Waals surface area contributed by atoms with Crippen LogP contribution in [-0.4, -0.2) is 13.2 Å². The molecule has 0 aromatic heterocycles. The van der Waals surface area contributed by atoms with E-state index in [0.717, 1.165) is 36.8 Å². The van der Waals surface area contributed by atoms with Gasteiger partial charge in [0.15, 0.2) is 0 Å². The number of benzene rings is 1. The predicted molar refractivity (Wildman–Crippen MR) is 90.6 cm³/mol. The van der Waals surface area contributed by atoms with Crippen molar-refractivity contribution in [2.75, 3.05) is 13.2 Å². The fraction of sp³-hybridized carbons (Fsp3) is 0.500. The molecule has 1 unspecified atom stereocenters. The summed E-state index contributed by atoms with van der Waals surface area (Å²) in [7, 11) is -10.8. The summed E-state index contributed by atoms with van der Waals surface area (Å²) in [5.74, 6) is 0. The first kappa shape index (κ1) is 23.2. The van der Waals surface area contributed by atoms with Crippen LogP contribution in [0, 0.1) is 0 Å². The molecule has 1 aromatic carbocycles. The van der Waals surface area contributed by atoms with E-state index in [-0.39, 0.29) is 6.61 Å². The summed E-state index contributed by atoms with van der Waals surface area (Å²) in [6.45, 7) is 2.68. The van der Waals surface area contributed by atoms with Crippen molar-refractivity contribution in [1.82, 2.24) is 0 Å². The van der Waals surface area contributed by atoms with Gasteiger partial charge in [-0.2, -0.15) is 0 Å². The summed E-state index contributed by atoms with van der Waals surface area (Å²) in [4.78, 5) is 31.6. The number of phosphoric acid groups is 2. The normalized spacial score (nSPS) is 15.0. The number of phosphoric ester groups is 1. The summed E-state index contributed by atoms with van der Waals surface area (Å²) in [5, 5.41) is 0. The standard InChI is InChI=1S/C16H26O8P2/c1-15(11-13-23-26(20,21)24-25(17,18)19)8-4-3-7-12-22-14-16-9-5-2-6-10-16/h2,5-6,9-11H,3-4,7-8,12-14H2,1H3,(H,20,21)(H2,17,18,19)/p-3/b15-11+. The van der Waals surface area contributed by atoms with Gasteiger partial charge in [-0.05, 0) is 31.7 Å². The third-order valence-corrected chi connectivity index (χ3v) is 5.40. The van der Waals surface area contributed by atoms with Crippen molar-refractivity contribution in [2.24, 2.45) is 0 Å². The first-order valence-electron chi connectivity index (χ1n) is 8.14. The van der Waals surface area contributed by atoms with E-state index in [1.807, 2.05) is 30.3 Å². The van der Waals surface area contributed by atoms with Gasteiger partial charge < -0.3 is 28.5 Å². The molecule has 0 N–H and O–H groups in total. The Morgan fingerprint density at radius 3 is 2.42 bits per heavy atom. The van der Waals surface area contributed by atoms with E-state index in [1.165, 1.54) is 6.08 Å². The number of hydrogen-bond donors (Lipinski definition) is 0. The van der Waals surface area contributed by atoms with Gasteiger partial charge in [0.2, 0.25) is 0 Å². The highest BCUT2D eigenvalue weighted by atomic mass is 31.3. The van der Waals surface area contributed by atoms with Gasteiger partial charge in [-0.3, -0.25) is 8.88 Å². The van der Waals surface area contributed by atoms with Gasteiger partial charge >= 0.3 is 0 Å². The lowest BCUT2D eigenvalue weighted by molar-refractivity contribution is -0.339. The SMILES string of the molecule is C/C(=C\COP(=O)([O-])OP(=O)([O-])[O-])CCCCCOCc1ccccc1. The molecule has 0 radical (unpaired) electrons. The molecule has 8 nitrogen and oxygen atoms in total. The van der Waals surface area contributed by atoms with Gasteiger partial charge in [-0.25, -0.2) is 0 Å². The summed E-state index contributed by atoms with van der Waals surface area (Å²) in [6.07, 6.45) is 5.02. The van der Waals surface area contributed by atoms with Gasteiger partial charge in [-0.1, -0.05) is 48.4 Å². The molecular weight excluding hydrogens is 382 g/mol. The first-order valence-corrected chi connectivity index (χ1v) is 11.1. The van der Waals surface area contributed by atoms with Crippen LogP contribution in [0.25, 0.3) is 0 Å². The number of hydrogen-bond acceptors (Lipinski definition) is 8. The Kier molecular flexibility index (Phi) is 10.5. The van der Waals surface area contributed by atoms with Crippen molar-refractivity contribution in [3.8, 4) is 0 Å². The van der Waals surface area contributed by atoms with Crippen LogP contribution in [0.15, 0.2) is 42.0 Å². The highest BCUT2D eigenvalue weighted by molar-refractivity contribution is 7.58. The highest BCUT2D eigenvalue weighted by Crippen LogP contribution is 2.50. The summed E-state index contributed by atoms with van der Waals surface area (Å²) in [6, 6.07) is 9.91. The average molecular weight is 405 g/mol. The molecule has 26 heavy (non-hydrogen) atoms. The summed E-state index contributed by atoms with van der Waals surface area (Å²) < 4.78 is 34.5. The zero-order valence-corrected chi connectivity index (χ0v) is 16.4. The van der Waals surface area contributed by atoms with E-state index >= 15 is 0 Å². The fourth-order valence-electron chi connectivity index (χ4n) is 2.07. The molecule has 10 heteroatoms. The molecule has 0 saturated heterocycles. The Hall–Kier alpha value is -0.820. The summed E-state index contributed by atoms with van der Waals surface area (Å²) in [5.41, 5.74) is 2.03. The van der Waals surface area contributed by atoms with E-state index < -0.39 is 15.6 Å². The van der Waals surface area contributed by atoms with E-state index in [9.17, 15) is 23.8 Å². The lowest BCUT2D eigenvalue weighted by atomic mass is 10.1. The molecule has 0 aliphatic heterocycles. The zero-order chi connectivity index (χ0) is 19.5. The Morgan fingerprint density at radius 2 is 1.77 bits per heavy atom. The Bertz CT molecular complexity index is 641. The van der Waals surface area contributed by atoms with Gasteiger partial charge in [0.1, 0.15) is 0 Å². The van der Waals surface area contributed by atoms with Gasteiger partial charge in [0.25, 0.3) is 7.82 Å². The van der Waals surface area contributed by atoms with Crippen molar-refractivity contribution < 1.29 is 37.4 Å². The van der Waals surface area contributed by atoms with Crippen LogP contribution in [0.1, 0.15) is 38.2 Å². The third-order valence-electron chi connectivity index (χ3n) is 3.34. The van der Waals surface area contributed by atoms with Crippen molar-refractivity contribution >= 4 is 15.6 Å². The molecule has 148 valence electrons. The zero-order valence-electron chi connectivity index (χ0n) is 14.6. The molecule has 1 atom stereocenters. The van der Waals surface area contributed by atoms with Crippen molar-refractivity contribution in [3.05, 3.63) is 47.5 Å². The van der Waals surface area contributed by atoms with Crippen molar-refractivity contribution in [1.29, 1.82) is 0 Å². The highest BCUT2D eigenvalue weighted by Gasteiger charge is 2.10. The lowest BCUT2D eigenvalue weighted by Gasteiger charge is -2.34. The molecule has 1 aromatic rings. The topological polar surface area (TPSA) is 131 Å². The molecule has 0 aliphatic rings. The van der Waals surface area contributed by atoms with Gasteiger partial charge in [-0.15, -0.1) is 0 Å². The maximum atomic E-state index is 11.1. The minimum absolute atomic E-state index is 0.382. The van der Waals surface area contributed by atoms with Crippen molar-refractivity contribution in [3.63, 3.8) is 0 Å². The third kappa shape index (κ3) is 12.5. The number of rotatable bonds is 13. The van der Waals surface area contributed by atoms with Crippen LogP contribution in [-0.2, 0) is 29.3 Å². The Balaban J connectivity index is 2.08. The molecule has 0 amide bonds.